The standard InChI is InChI=1S/C15H22BrN3/c1-17-11-12-2-5-15(14(16)10-12)19-8-6-18(7-9-19)13-3-4-13/h2,5,10,13,17H,3-4,6-9,11H2,1H3. The molecule has 0 amide bonds. The van der Waals surface area contributed by atoms with Gasteiger partial charge in [0.25, 0.3) is 0 Å². The van der Waals surface area contributed by atoms with Gasteiger partial charge in [-0.15, -0.1) is 0 Å². The lowest BCUT2D eigenvalue weighted by Gasteiger charge is -2.36. The van der Waals surface area contributed by atoms with E-state index in [-0.39, 0.29) is 0 Å². The first-order valence-corrected chi connectivity index (χ1v) is 7.99. The molecule has 1 aromatic carbocycles. The molecule has 1 heterocycles. The van der Waals surface area contributed by atoms with Crippen LogP contribution in [0.5, 0.6) is 0 Å². The molecule has 19 heavy (non-hydrogen) atoms. The molecular formula is C15H22BrN3. The van der Waals surface area contributed by atoms with Crippen LogP contribution in [-0.4, -0.2) is 44.2 Å². The van der Waals surface area contributed by atoms with Gasteiger partial charge in [0.1, 0.15) is 0 Å². The van der Waals surface area contributed by atoms with Gasteiger partial charge >= 0.3 is 0 Å². The second-order valence-electron chi connectivity index (χ2n) is 5.57. The van der Waals surface area contributed by atoms with E-state index in [4.69, 9.17) is 0 Å². The summed E-state index contributed by atoms with van der Waals surface area (Å²) in [6.45, 7) is 5.67. The number of hydrogen-bond acceptors (Lipinski definition) is 3. The van der Waals surface area contributed by atoms with Crippen molar-refractivity contribution in [2.75, 3.05) is 38.1 Å². The van der Waals surface area contributed by atoms with E-state index < -0.39 is 0 Å². The monoisotopic (exact) mass is 323 g/mol. The predicted molar refractivity (Wildman–Crippen MR) is 83.7 cm³/mol. The van der Waals surface area contributed by atoms with Gasteiger partial charge in [-0.25, -0.2) is 0 Å². The summed E-state index contributed by atoms with van der Waals surface area (Å²) < 4.78 is 1.22. The Morgan fingerprint density at radius 3 is 2.53 bits per heavy atom. The fourth-order valence-electron chi connectivity index (χ4n) is 2.89. The molecule has 3 rings (SSSR count). The maximum Gasteiger partial charge on any atom is 0.0511 e. The summed E-state index contributed by atoms with van der Waals surface area (Å²) in [5, 5.41) is 3.19. The minimum absolute atomic E-state index is 0.906. The number of piperazine rings is 1. The average molecular weight is 324 g/mol. The van der Waals surface area contributed by atoms with Crippen LogP contribution in [0.3, 0.4) is 0 Å². The molecule has 1 aliphatic heterocycles. The number of nitrogens with zero attached hydrogens (tertiary/aromatic N) is 2. The predicted octanol–water partition coefficient (Wildman–Crippen LogP) is 2.45. The Hall–Kier alpha value is -0.580. The largest absolute Gasteiger partial charge is 0.368 e. The topological polar surface area (TPSA) is 18.5 Å². The van der Waals surface area contributed by atoms with Crippen LogP contribution in [0.1, 0.15) is 18.4 Å². The van der Waals surface area contributed by atoms with E-state index in [2.05, 4.69) is 49.2 Å². The molecular weight excluding hydrogens is 302 g/mol. The number of halogens is 1. The van der Waals surface area contributed by atoms with Crippen LogP contribution in [-0.2, 0) is 6.54 Å². The Bertz CT molecular complexity index is 437. The fourth-order valence-corrected chi connectivity index (χ4v) is 3.57. The summed E-state index contributed by atoms with van der Waals surface area (Å²) in [5.41, 5.74) is 2.67. The van der Waals surface area contributed by atoms with E-state index in [0.29, 0.717) is 0 Å². The number of anilines is 1. The molecule has 1 aromatic rings. The van der Waals surface area contributed by atoms with Crippen molar-refractivity contribution < 1.29 is 0 Å². The minimum Gasteiger partial charge on any atom is -0.368 e. The van der Waals surface area contributed by atoms with Gasteiger partial charge in [-0.2, -0.15) is 0 Å². The molecule has 0 aromatic heterocycles. The zero-order valence-corrected chi connectivity index (χ0v) is 13.1. The molecule has 0 radical (unpaired) electrons. The summed E-state index contributed by atoms with van der Waals surface area (Å²) in [6.07, 6.45) is 2.84. The third-order valence-corrected chi connectivity index (χ3v) is 4.75. The average Bonchev–Trinajstić information content (AvgIpc) is 3.24. The van der Waals surface area contributed by atoms with Crippen LogP contribution in [0.2, 0.25) is 0 Å². The first-order chi connectivity index (χ1) is 9.28. The van der Waals surface area contributed by atoms with Gasteiger partial charge in [-0.1, -0.05) is 6.07 Å². The molecule has 1 saturated carbocycles. The van der Waals surface area contributed by atoms with Gasteiger partial charge in [-0.05, 0) is 53.5 Å². The number of rotatable bonds is 4. The minimum atomic E-state index is 0.906. The van der Waals surface area contributed by atoms with E-state index in [0.717, 1.165) is 25.7 Å². The number of hydrogen-bond donors (Lipinski definition) is 1. The van der Waals surface area contributed by atoms with Crippen LogP contribution in [0.15, 0.2) is 22.7 Å². The van der Waals surface area contributed by atoms with Crippen molar-refractivity contribution in [1.82, 2.24) is 10.2 Å². The molecule has 104 valence electrons. The van der Waals surface area contributed by atoms with Gasteiger partial charge in [-0.3, -0.25) is 4.90 Å². The Balaban J connectivity index is 1.65. The molecule has 0 atom stereocenters. The fraction of sp³-hybridized carbons (Fsp3) is 0.600. The van der Waals surface area contributed by atoms with Gasteiger partial charge in [0.05, 0.1) is 5.69 Å². The van der Waals surface area contributed by atoms with Crippen molar-refractivity contribution in [3.63, 3.8) is 0 Å². The van der Waals surface area contributed by atoms with E-state index in [9.17, 15) is 0 Å². The Morgan fingerprint density at radius 2 is 1.95 bits per heavy atom. The summed E-state index contributed by atoms with van der Waals surface area (Å²) in [7, 11) is 1.99. The molecule has 1 N–H and O–H groups in total. The number of benzene rings is 1. The lowest BCUT2D eigenvalue weighted by Crippen LogP contribution is -2.47. The number of nitrogens with one attached hydrogen (secondary N) is 1. The Kier molecular flexibility index (Phi) is 4.10. The second-order valence-corrected chi connectivity index (χ2v) is 6.42. The van der Waals surface area contributed by atoms with Crippen LogP contribution < -0.4 is 10.2 Å². The third kappa shape index (κ3) is 3.12. The Labute approximate surface area is 124 Å². The third-order valence-electron chi connectivity index (χ3n) is 4.11. The summed E-state index contributed by atoms with van der Waals surface area (Å²) >= 11 is 3.73. The summed E-state index contributed by atoms with van der Waals surface area (Å²) in [6, 6.07) is 7.62. The highest BCUT2D eigenvalue weighted by molar-refractivity contribution is 9.10. The van der Waals surface area contributed by atoms with Gasteiger partial charge in [0, 0.05) is 43.2 Å². The first-order valence-electron chi connectivity index (χ1n) is 7.20. The van der Waals surface area contributed by atoms with Crippen molar-refractivity contribution in [2.24, 2.45) is 0 Å². The first kappa shape index (κ1) is 13.4. The molecule has 1 saturated heterocycles. The van der Waals surface area contributed by atoms with Gasteiger partial charge < -0.3 is 10.2 Å². The molecule has 2 aliphatic rings. The lowest BCUT2D eigenvalue weighted by atomic mass is 10.1. The normalized spacial score (nSPS) is 20.8. The van der Waals surface area contributed by atoms with Crippen molar-refractivity contribution in [3.05, 3.63) is 28.2 Å². The lowest BCUT2D eigenvalue weighted by molar-refractivity contribution is 0.248. The van der Waals surface area contributed by atoms with Crippen LogP contribution >= 0.6 is 15.9 Å². The van der Waals surface area contributed by atoms with Crippen LogP contribution in [0.25, 0.3) is 0 Å². The maximum atomic E-state index is 3.73. The highest BCUT2D eigenvalue weighted by Gasteiger charge is 2.31. The van der Waals surface area contributed by atoms with E-state index in [1.807, 2.05) is 7.05 Å². The van der Waals surface area contributed by atoms with Crippen molar-refractivity contribution in [2.45, 2.75) is 25.4 Å². The van der Waals surface area contributed by atoms with E-state index in [1.165, 1.54) is 41.7 Å². The summed E-state index contributed by atoms with van der Waals surface area (Å²) in [4.78, 5) is 5.16. The molecule has 1 aliphatic carbocycles. The quantitative estimate of drug-likeness (QED) is 0.918. The Morgan fingerprint density at radius 1 is 1.21 bits per heavy atom. The zero-order valence-electron chi connectivity index (χ0n) is 11.5. The van der Waals surface area contributed by atoms with Crippen molar-refractivity contribution in [3.8, 4) is 0 Å². The molecule has 3 nitrogen and oxygen atoms in total. The van der Waals surface area contributed by atoms with Gasteiger partial charge in [0.2, 0.25) is 0 Å². The SMILES string of the molecule is CNCc1ccc(N2CCN(C3CC3)CC2)c(Br)c1. The van der Waals surface area contributed by atoms with E-state index in [1.54, 1.807) is 0 Å². The van der Waals surface area contributed by atoms with Crippen molar-refractivity contribution >= 4 is 21.6 Å². The van der Waals surface area contributed by atoms with Crippen LogP contribution in [0.4, 0.5) is 5.69 Å². The molecule has 4 heteroatoms. The summed E-state index contributed by atoms with van der Waals surface area (Å²) in [5.74, 6) is 0. The smallest absolute Gasteiger partial charge is 0.0511 e. The van der Waals surface area contributed by atoms with Crippen molar-refractivity contribution in [1.29, 1.82) is 0 Å². The highest BCUT2D eigenvalue weighted by Crippen LogP contribution is 2.31. The van der Waals surface area contributed by atoms with Crippen LogP contribution in [0, 0.1) is 0 Å². The molecule has 0 bridgehead atoms. The molecule has 0 spiro atoms. The maximum absolute atomic E-state index is 3.73. The van der Waals surface area contributed by atoms with E-state index >= 15 is 0 Å². The molecule has 0 unspecified atom stereocenters. The van der Waals surface area contributed by atoms with Gasteiger partial charge in [0.15, 0.2) is 0 Å². The second kappa shape index (κ2) is 5.81. The zero-order chi connectivity index (χ0) is 13.2. The molecule has 2 fully saturated rings. The highest BCUT2D eigenvalue weighted by atomic mass is 79.9.